The van der Waals surface area contributed by atoms with Crippen molar-refractivity contribution in [3.63, 3.8) is 0 Å². The van der Waals surface area contributed by atoms with E-state index in [0.717, 1.165) is 11.8 Å². The van der Waals surface area contributed by atoms with E-state index in [1.54, 1.807) is 0 Å². The number of alkyl halides is 1. The third kappa shape index (κ3) is 3.84. The summed E-state index contributed by atoms with van der Waals surface area (Å²) >= 11 is 7.57. The molecule has 1 saturated carbocycles. The van der Waals surface area contributed by atoms with Crippen LogP contribution in [0.4, 0.5) is 0 Å². The Kier molecular flexibility index (Phi) is 5.75. The van der Waals surface area contributed by atoms with E-state index in [1.807, 2.05) is 0 Å². The zero-order valence-electron chi connectivity index (χ0n) is 11.0. The van der Waals surface area contributed by atoms with E-state index < -0.39 is 0 Å². The van der Waals surface area contributed by atoms with Gasteiger partial charge in [-0.1, -0.05) is 69.8 Å². The minimum atomic E-state index is 0.706. The molecule has 0 radical (unpaired) electrons. The van der Waals surface area contributed by atoms with Crippen LogP contribution in [0.1, 0.15) is 44.6 Å². The summed E-state index contributed by atoms with van der Waals surface area (Å²) in [6.45, 7) is 2.31. The van der Waals surface area contributed by atoms with Crippen LogP contribution in [0.5, 0.6) is 0 Å². The van der Waals surface area contributed by atoms with Crippen LogP contribution in [0.15, 0.2) is 28.7 Å². The minimum Gasteiger partial charge on any atom is -0.0888 e. The molecule has 1 aromatic rings. The standard InChI is InChI=1S/C16H22Br2/c1-2-5-12-8-9-16(18)14(10-12)11-13-6-3-4-7-15(13)17/h3-4,6-7,12,14,16H,2,5,8-11H2,1H3. The second-order valence-electron chi connectivity index (χ2n) is 5.54. The zero-order valence-corrected chi connectivity index (χ0v) is 14.2. The molecule has 3 unspecified atom stereocenters. The van der Waals surface area contributed by atoms with Crippen molar-refractivity contribution in [2.24, 2.45) is 11.8 Å². The van der Waals surface area contributed by atoms with Gasteiger partial charge in [0.25, 0.3) is 0 Å². The first-order chi connectivity index (χ1) is 8.70. The van der Waals surface area contributed by atoms with Crippen molar-refractivity contribution in [2.45, 2.75) is 50.3 Å². The lowest BCUT2D eigenvalue weighted by atomic mass is 9.77. The smallest absolute Gasteiger partial charge is 0.0207 e. The Morgan fingerprint density at radius 2 is 2.00 bits per heavy atom. The molecule has 0 heterocycles. The van der Waals surface area contributed by atoms with E-state index in [9.17, 15) is 0 Å². The molecule has 0 saturated heterocycles. The van der Waals surface area contributed by atoms with Gasteiger partial charge in [0.1, 0.15) is 0 Å². The molecule has 0 aromatic heterocycles. The summed E-state index contributed by atoms with van der Waals surface area (Å²) in [6.07, 6.45) is 8.10. The Hall–Kier alpha value is 0.180. The van der Waals surface area contributed by atoms with Gasteiger partial charge < -0.3 is 0 Å². The predicted octanol–water partition coefficient (Wildman–Crippen LogP) is 5.97. The van der Waals surface area contributed by atoms with Crippen molar-refractivity contribution in [3.05, 3.63) is 34.3 Å². The lowest BCUT2D eigenvalue weighted by Gasteiger charge is -2.33. The first-order valence-corrected chi connectivity index (χ1v) is 8.79. The monoisotopic (exact) mass is 372 g/mol. The van der Waals surface area contributed by atoms with Crippen LogP contribution in [0.3, 0.4) is 0 Å². The van der Waals surface area contributed by atoms with Crippen molar-refractivity contribution in [1.82, 2.24) is 0 Å². The molecular formula is C16H22Br2. The van der Waals surface area contributed by atoms with Crippen LogP contribution in [-0.4, -0.2) is 4.83 Å². The molecule has 0 aliphatic heterocycles. The summed E-state index contributed by atoms with van der Waals surface area (Å²) in [4.78, 5) is 0.706. The van der Waals surface area contributed by atoms with E-state index in [-0.39, 0.29) is 0 Å². The van der Waals surface area contributed by atoms with Gasteiger partial charge in [-0.2, -0.15) is 0 Å². The molecule has 18 heavy (non-hydrogen) atoms. The highest BCUT2D eigenvalue weighted by Gasteiger charge is 2.28. The highest BCUT2D eigenvalue weighted by molar-refractivity contribution is 9.10. The molecule has 0 bridgehead atoms. The molecule has 0 nitrogen and oxygen atoms in total. The summed E-state index contributed by atoms with van der Waals surface area (Å²) in [5, 5.41) is 0. The zero-order chi connectivity index (χ0) is 13.0. The number of benzene rings is 1. The Morgan fingerprint density at radius 3 is 2.72 bits per heavy atom. The number of hydrogen-bond donors (Lipinski definition) is 0. The van der Waals surface area contributed by atoms with Gasteiger partial charge >= 0.3 is 0 Å². The average Bonchev–Trinajstić information content (AvgIpc) is 2.36. The maximum Gasteiger partial charge on any atom is 0.0207 e. The molecule has 0 N–H and O–H groups in total. The topological polar surface area (TPSA) is 0 Å². The van der Waals surface area contributed by atoms with Crippen LogP contribution in [0.25, 0.3) is 0 Å². The second-order valence-corrected chi connectivity index (χ2v) is 7.57. The molecule has 1 aromatic carbocycles. The summed E-state index contributed by atoms with van der Waals surface area (Å²) in [5.74, 6) is 1.75. The van der Waals surface area contributed by atoms with Gasteiger partial charge in [-0.3, -0.25) is 0 Å². The average molecular weight is 374 g/mol. The highest BCUT2D eigenvalue weighted by Crippen LogP contribution is 2.38. The Balaban J connectivity index is 2.00. The number of rotatable bonds is 4. The summed E-state index contributed by atoms with van der Waals surface area (Å²) in [5.41, 5.74) is 1.46. The Morgan fingerprint density at radius 1 is 1.22 bits per heavy atom. The van der Waals surface area contributed by atoms with Crippen molar-refractivity contribution in [2.75, 3.05) is 0 Å². The maximum atomic E-state index is 3.90. The third-order valence-corrected chi connectivity index (χ3v) is 6.11. The summed E-state index contributed by atoms with van der Waals surface area (Å²) in [6, 6.07) is 8.66. The molecule has 100 valence electrons. The first-order valence-electron chi connectivity index (χ1n) is 7.08. The van der Waals surface area contributed by atoms with Gasteiger partial charge in [0, 0.05) is 9.30 Å². The number of halogens is 2. The lowest BCUT2D eigenvalue weighted by Crippen LogP contribution is -2.26. The molecule has 1 aliphatic rings. The van der Waals surface area contributed by atoms with Crippen molar-refractivity contribution >= 4 is 31.9 Å². The van der Waals surface area contributed by atoms with Crippen molar-refractivity contribution in [1.29, 1.82) is 0 Å². The fraction of sp³-hybridized carbons (Fsp3) is 0.625. The van der Waals surface area contributed by atoms with E-state index in [1.165, 1.54) is 48.6 Å². The van der Waals surface area contributed by atoms with E-state index in [4.69, 9.17) is 0 Å². The molecule has 1 fully saturated rings. The third-order valence-electron chi connectivity index (χ3n) is 4.14. The van der Waals surface area contributed by atoms with E-state index >= 15 is 0 Å². The highest BCUT2D eigenvalue weighted by atomic mass is 79.9. The van der Waals surface area contributed by atoms with Gasteiger partial charge in [-0.15, -0.1) is 0 Å². The minimum absolute atomic E-state index is 0.706. The van der Waals surface area contributed by atoms with Gasteiger partial charge in [-0.05, 0) is 49.1 Å². The normalized spacial score (nSPS) is 28.3. The first kappa shape index (κ1) is 14.6. The van der Waals surface area contributed by atoms with Crippen molar-refractivity contribution < 1.29 is 0 Å². The molecule has 3 atom stereocenters. The summed E-state index contributed by atoms with van der Waals surface area (Å²) in [7, 11) is 0. The van der Waals surface area contributed by atoms with Gasteiger partial charge in [0.15, 0.2) is 0 Å². The van der Waals surface area contributed by atoms with Crippen molar-refractivity contribution in [3.8, 4) is 0 Å². The molecule has 2 heteroatoms. The quantitative estimate of drug-likeness (QED) is 0.570. The van der Waals surface area contributed by atoms with Crippen LogP contribution < -0.4 is 0 Å². The molecule has 1 aliphatic carbocycles. The summed E-state index contributed by atoms with van der Waals surface area (Å²) < 4.78 is 1.27. The van der Waals surface area contributed by atoms with Crippen LogP contribution >= 0.6 is 31.9 Å². The van der Waals surface area contributed by atoms with Crippen LogP contribution in [-0.2, 0) is 6.42 Å². The molecular weight excluding hydrogens is 352 g/mol. The van der Waals surface area contributed by atoms with Crippen LogP contribution in [0, 0.1) is 11.8 Å². The maximum absolute atomic E-state index is 3.90. The van der Waals surface area contributed by atoms with Gasteiger partial charge in [0.2, 0.25) is 0 Å². The van der Waals surface area contributed by atoms with Crippen LogP contribution in [0.2, 0.25) is 0 Å². The molecule has 0 spiro atoms. The van der Waals surface area contributed by atoms with E-state index in [0.29, 0.717) is 4.83 Å². The largest absolute Gasteiger partial charge is 0.0888 e. The number of hydrogen-bond acceptors (Lipinski definition) is 0. The molecule has 2 rings (SSSR count). The Bertz CT molecular complexity index is 375. The molecule has 0 amide bonds. The van der Waals surface area contributed by atoms with Gasteiger partial charge in [0.05, 0.1) is 0 Å². The SMILES string of the molecule is CCCC1CCC(Br)C(Cc2ccccc2Br)C1. The fourth-order valence-corrected chi connectivity index (χ4v) is 4.27. The lowest BCUT2D eigenvalue weighted by molar-refractivity contribution is 0.263. The fourth-order valence-electron chi connectivity index (χ4n) is 3.15. The van der Waals surface area contributed by atoms with E-state index in [2.05, 4.69) is 63.0 Å². The second kappa shape index (κ2) is 7.09. The predicted molar refractivity (Wildman–Crippen MR) is 86.3 cm³/mol. The Labute approximate surface area is 128 Å². The van der Waals surface area contributed by atoms with Gasteiger partial charge in [-0.25, -0.2) is 0 Å².